The van der Waals surface area contributed by atoms with Crippen LogP contribution in [0.5, 0.6) is 0 Å². The number of aryl methyl sites for hydroxylation is 1. The molecule has 0 amide bonds. The molecule has 0 unspecified atom stereocenters. The van der Waals surface area contributed by atoms with Crippen LogP contribution in [-0.4, -0.2) is 20.9 Å². The number of fused-ring (bicyclic) bond motifs is 1. The molecule has 110 valence electrons. The van der Waals surface area contributed by atoms with Crippen LogP contribution in [0.2, 0.25) is 0 Å². The van der Waals surface area contributed by atoms with Crippen LogP contribution in [0.3, 0.4) is 0 Å². The molecule has 4 nitrogen and oxygen atoms in total. The van der Waals surface area contributed by atoms with Crippen LogP contribution in [-0.2, 0) is 12.8 Å². The molecule has 0 spiro atoms. The van der Waals surface area contributed by atoms with Gasteiger partial charge < -0.3 is 5.11 Å². The van der Waals surface area contributed by atoms with Crippen molar-refractivity contribution in [2.24, 2.45) is 0 Å². The van der Waals surface area contributed by atoms with E-state index < -0.39 is 5.97 Å². The standard InChI is InChI=1S/C16H17BrN2O2/c1-10-7-8-12(17)14(9-10)19-13-6-4-2-3-5-11(13)15(18-19)16(20)21/h7-9H,2-6H2,1H3,(H,20,21). The molecule has 2 aromatic rings. The third-order valence-corrected chi connectivity index (χ3v) is 4.63. The summed E-state index contributed by atoms with van der Waals surface area (Å²) in [5, 5.41) is 13.8. The molecular weight excluding hydrogens is 332 g/mol. The second-order valence-corrected chi connectivity index (χ2v) is 6.36. The molecule has 0 atom stereocenters. The highest BCUT2D eigenvalue weighted by atomic mass is 79.9. The van der Waals surface area contributed by atoms with Gasteiger partial charge in [-0.2, -0.15) is 5.10 Å². The molecular formula is C16H17BrN2O2. The summed E-state index contributed by atoms with van der Waals surface area (Å²) in [7, 11) is 0. The summed E-state index contributed by atoms with van der Waals surface area (Å²) in [4.78, 5) is 11.5. The molecule has 0 aliphatic heterocycles. The Hall–Kier alpha value is -1.62. The molecule has 0 saturated heterocycles. The van der Waals surface area contributed by atoms with Crippen LogP contribution in [0.1, 0.15) is 46.6 Å². The summed E-state index contributed by atoms with van der Waals surface area (Å²) >= 11 is 3.55. The van der Waals surface area contributed by atoms with Gasteiger partial charge in [-0.1, -0.05) is 12.5 Å². The van der Waals surface area contributed by atoms with Gasteiger partial charge in [0.25, 0.3) is 0 Å². The van der Waals surface area contributed by atoms with E-state index in [0.717, 1.165) is 59.1 Å². The van der Waals surface area contributed by atoms with Gasteiger partial charge in [-0.15, -0.1) is 0 Å². The Morgan fingerprint density at radius 3 is 2.81 bits per heavy atom. The first kappa shape index (κ1) is 14.3. The highest BCUT2D eigenvalue weighted by Crippen LogP contribution is 2.29. The number of carbonyl (C=O) groups is 1. The molecule has 0 radical (unpaired) electrons. The lowest BCUT2D eigenvalue weighted by molar-refractivity contribution is 0.0688. The Kier molecular flexibility index (Phi) is 3.85. The van der Waals surface area contributed by atoms with Crippen molar-refractivity contribution in [3.63, 3.8) is 0 Å². The largest absolute Gasteiger partial charge is 0.476 e. The van der Waals surface area contributed by atoms with E-state index in [1.54, 1.807) is 0 Å². The lowest BCUT2D eigenvalue weighted by atomic mass is 10.1. The third-order valence-electron chi connectivity index (χ3n) is 3.96. The summed E-state index contributed by atoms with van der Waals surface area (Å²) < 4.78 is 2.75. The first-order chi connectivity index (χ1) is 10.1. The van der Waals surface area contributed by atoms with E-state index >= 15 is 0 Å². The number of halogens is 1. The van der Waals surface area contributed by atoms with Gasteiger partial charge in [0.1, 0.15) is 0 Å². The van der Waals surface area contributed by atoms with Crippen molar-refractivity contribution in [2.75, 3.05) is 0 Å². The Balaban J connectivity index is 2.23. The molecule has 1 N–H and O–H groups in total. The van der Waals surface area contributed by atoms with Crippen molar-refractivity contribution in [1.82, 2.24) is 9.78 Å². The maximum absolute atomic E-state index is 11.5. The van der Waals surface area contributed by atoms with E-state index in [9.17, 15) is 9.90 Å². The minimum Gasteiger partial charge on any atom is -0.476 e. The van der Waals surface area contributed by atoms with E-state index in [1.807, 2.05) is 29.8 Å². The average molecular weight is 349 g/mol. The first-order valence-electron chi connectivity index (χ1n) is 7.18. The predicted octanol–water partition coefficient (Wildman–Crippen LogP) is 3.91. The lowest BCUT2D eigenvalue weighted by Crippen LogP contribution is -2.05. The predicted molar refractivity (Wildman–Crippen MR) is 84.2 cm³/mol. The number of carboxylic acid groups (broad SMARTS) is 1. The van der Waals surface area contributed by atoms with Gasteiger partial charge in [-0.05, 0) is 66.2 Å². The maximum Gasteiger partial charge on any atom is 0.356 e. The van der Waals surface area contributed by atoms with Crippen LogP contribution < -0.4 is 0 Å². The summed E-state index contributed by atoms with van der Waals surface area (Å²) in [6, 6.07) is 6.04. The molecule has 21 heavy (non-hydrogen) atoms. The molecule has 5 heteroatoms. The lowest BCUT2D eigenvalue weighted by Gasteiger charge is -2.10. The fourth-order valence-electron chi connectivity index (χ4n) is 2.93. The Bertz CT molecular complexity index is 707. The van der Waals surface area contributed by atoms with Crippen molar-refractivity contribution in [3.8, 4) is 5.69 Å². The van der Waals surface area contributed by atoms with E-state index in [2.05, 4.69) is 21.0 Å². The number of benzene rings is 1. The van der Waals surface area contributed by atoms with Crippen molar-refractivity contribution < 1.29 is 9.90 Å². The number of aromatic nitrogens is 2. The summed E-state index contributed by atoms with van der Waals surface area (Å²) in [5.74, 6) is -0.935. The number of nitrogens with zero attached hydrogens (tertiary/aromatic N) is 2. The Morgan fingerprint density at radius 1 is 1.29 bits per heavy atom. The Labute approximate surface area is 131 Å². The third kappa shape index (κ3) is 2.62. The van der Waals surface area contributed by atoms with Gasteiger partial charge in [-0.25, -0.2) is 9.48 Å². The Morgan fingerprint density at radius 2 is 2.05 bits per heavy atom. The minimum atomic E-state index is -0.935. The minimum absolute atomic E-state index is 0.209. The molecule has 1 aliphatic rings. The van der Waals surface area contributed by atoms with Gasteiger partial charge in [0.05, 0.1) is 5.69 Å². The second-order valence-electron chi connectivity index (χ2n) is 5.51. The highest BCUT2D eigenvalue weighted by Gasteiger charge is 2.24. The fraction of sp³-hybridized carbons (Fsp3) is 0.375. The zero-order valence-corrected chi connectivity index (χ0v) is 13.5. The molecule has 0 bridgehead atoms. The maximum atomic E-state index is 11.5. The van der Waals surface area contributed by atoms with Gasteiger partial charge in [0.2, 0.25) is 0 Å². The van der Waals surface area contributed by atoms with Crippen molar-refractivity contribution in [2.45, 2.75) is 39.0 Å². The molecule has 1 aromatic heterocycles. The van der Waals surface area contributed by atoms with Crippen LogP contribution in [0, 0.1) is 6.92 Å². The number of carboxylic acids is 1. The smallest absolute Gasteiger partial charge is 0.356 e. The van der Waals surface area contributed by atoms with Gasteiger partial charge in [-0.3, -0.25) is 0 Å². The SMILES string of the molecule is Cc1ccc(Br)c(-n2nc(C(=O)O)c3c2CCCCC3)c1. The van der Waals surface area contributed by atoms with E-state index in [-0.39, 0.29) is 5.69 Å². The van der Waals surface area contributed by atoms with Crippen molar-refractivity contribution >= 4 is 21.9 Å². The molecule has 0 saturated carbocycles. The molecule has 1 aromatic carbocycles. The second kappa shape index (κ2) is 5.64. The number of rotatable bonds is 2. The average Bonchev–Trinajstić information content (AvgIpc) is 2.64. The molecule has 1 heterocycles. The van der Waals surface area contributed by atoms with Gasteiger partial charge >= 0.3 is 5.97 Å². The summed E-state index contributed by atoms with van der Waals surface area (Å²) in [6.45, 7) is 2.02. The van der Waals surface area contributed by atoms with Crippen LogP contribution in [0.25, 0.3) is 5.69 Å². The highest BCUT2D eigenvalue weighted by molar-refractivity contribution is 9.10. The molecule has 3 rings (SSSR count). The number of aromatic carboxylic acids is 1. The zero-order chi connectivity index (χ0) is 15.0. The fourth-order valence-corrected chi connectivity index (χ4v) is 3.35. The summed E-state index contributed by atoms with van der Waals surface area (Å²) in [5.41, 5.74) is 4.22. The normalized spacial score (nSPS) is 14.6. The first-order valence-corrected chi connectivity index (χ1v) is 7.98. The van der Waals surface area contributed by atoms with E-state index in [0.29, 0.717) is 0 Å². The molecule has 1 aliphatic carbocycles. The molecule has 0 fully saturated rings. The van der Waals surface area contributed by atoms with Crippen molar-refractivity contribution in [3.05, 3.63) is 45.2 Å². The number of hydrogen-bond acceptors (Lipinski definition) is 2. The summed E-state index contributed by atoms with van der Waals surface area (Å²) in [6.07, 6.45) is 4.95. The van der Waals surface area contributed by atoms with Crippen LogP contribution >= 0.6 is 15.9 Å². The number of hydrogen-bond donors (Lipinski definition) is 1. The van der Waals surface area contributed by atoms with Crippen LogP contribution in [0.15, 0.2) is 22.7 Å². The van der Waals surface area contributed by atoms with Crippen LogP contribution in [0.4, 0.5) is 0 Å². The van der Waals surface area contributed by atoms with E-state index in [4.69, 9.17) is 0 Å². The van der Waals surface area contributed by atoms with Gasteiger partial charge in [0.15, 0.2) is 5.69 Å². The van der Waals surface area contributed by atoms with E-state index in [1.165, 1.54) is 0 Å². The zero-order valence-electron chi connectivity index (χ0n) is 11.9. The van der Waals surface area contributed by atoms with Gasteiger partial charge in [0, 0.05) is 15.7 Å². The quantitative estimate of drug-likeness (QED) is 0.837. The van der Waals surface area contributed by atoms with Crippen molar-refractivity contribution in [1.29, 1.82) is 0 Å². The monoisotopic (exact) mass is 348 g/mol. The topological polar surface area (TPSA) is 55.1 Å².